The topological polar surface area (TPSA) is 98.6 Å². The lowest BCUT2D eigenvalue weighted by Gasteiger charge is -2.21. The number of anilines is 2. The molecule has 0 bridgehead atoms. The van der Waals surface area contributed by atoms with Gasteiger partial charge in [0.15, 0.2) is 11.6 Å². The molecule has 0 aliphatic carbocycles. The number of benzene rings is 4. The van der Waals surface area contributed by atoms with Crippen molar-refractivity contribution in [2.45, 2.75) is 30.7 Å². The zero-order valence-corrected chi connectivity index (χ0v) is 30.4. The first-order valence-electron chi connectivity index (χ1n) is 15.9. The van der Waals surface area contributed by atoms with Crippen molar-refractivity contribution in [2.24, 2.45) is 0 Å². The summed E-state index contributed by atoms with van der Waals surface area (Å²) in [6.07, 6.45) is 5.44. The van der Waals surface area contributed by atoms with Gasteiger partial charge in [-0.25, -0.2) is 9.97 Å². The van der Waals surface area contributed by atoms with E-state index in [9.17, 15) is 8.42 Å². The lowest BCUT2D eigenvalue weighted by molar-refractivity contribution is 0.302. The standard InChI is InChI=1S/C38H34BrN5O4S2/c1-28-12-15-33(16-13-28)50(45,46)47-21-20-43-19-18-35-37(43)38(41-27-40-35)42-31-14-17-36(34(39)22-31)48-32-24-44(23-29-8-4-2-5-9-29)49(26-32)25-30-10-6-3-7-11-30/h2-19,22,24,26-27H,20-21,23,25H2,1H3,(H,40,41,42). The molecule has 0 saturated heterocycles. The fraction of sp³-hybridized carbons (Fsp3) is 0.132. The molecule has 0 radical (unpaired) electrons. The van der Waals surface area contributed by atoms with Crippen LogP contribution in [0.1, 0.15) is 16.7 Å². The first-order chi connectivity index (χ1) is 24.3. The van der Waals surface area contributed by atoms with Gasteiger partial charge in [0.05, 0.1) is 34.2 Å². The summed E-state index contributed by atoms with van der Waals surface area (Å²) in [5, 5.41) is 5.60. The van der Waals surface area contributed by atoms with E-state index in [1.807, 2.05) is 54.1 Å². The number of ether oxygens (including phenoxy) is 1. The van der Waals surface area contributed by atoms with E-state index in [1.54, 1.807) is 24.3 Å². The summed E-state index contributed by atoms with van der Waals surface area (Å²) in [6.45, 7) is 2.92. The highest BCUT2D eigenvalue weighted by Gasteiger charge is 2.19. The van der Waals surface area contributed by atoms with Crippen LogP contribution in [0.2, 0.25) is 0 Å². The summed E-state index contributed by atoms with van der Waals surface area (Å²) in [5.41, 5.74) is 5.73. The van der Waals surface area contributed by atoms with Crippen molar-refractivity contribution in [3.05, 3.63) is 155 Å². The minimum absolute atomic E-state index is 0.0473. The molecule has 7 rings (SSSR count). The lowest BCUT2D eigenvalue weighted by atomic mass is 10.2. The highest BCUT2D eigenvalue weighted by atomic mass is 79.9. The molecule has 0 spiro atoms. The first-order valence-corrected chi connectivity index (χ1v) is 19.5. The van der Waals surface area contributed by atoms with Gasteiger partial charge in [-0.15, -0.1) is 0 Å². The number of allylic oxidation sites excluding steroid dienone is 1. The van der Waals surface area contributed by atoms with E-state index >= 15 is 0 Å². The Labute approximate surface area is 302 Å². The average molecular weight is 769 g/mol. The third kappa shape index (κ3) is 8.00. The molecule has 2 aromatic heterocycles. The number of aromatic nitrogens is 3. The maximum Gasteiger partial charge on any atom is 0.297 e. The van der Waals surface area contributed by atoms with Crippen LogP contribution in [0, 0.1) is 6.92 Å². The van der Waals surface area contributed by atoms with Gasteiger partial charge in [0, 0.05) is 29.5 Å². The Kier molecular flexibility index (Phi) is 10.1. The van der Waals surface area contributed by atoms with E-state index in [2.05, 4.69) is 95.6 Å². The van der Waals surface area contributed by atoms with Gasteiger partial charge in [-0.05, 0) is 70.4 Å². The van der Waals surface area contributed by atoms with Crippen LogP contribution >= 0.6 is 26.6 Å². The molecule has 254 valence electrons. The normalized spacial score (nSPS) is 14.4. The fourth-order valence-corrected chi connectivity index (χ4v) is 8.72. The molecule has 0 saturated carbocycles. The highest BCUT2D eigenvalue weighted by molar-refractivity contribution is 9.10. The highest BCUT2D eigenvalue weighted by Crippen LogP contribution is 2.37. The fourth-order valence-electron chi connectivity index (χ4n) is 5.51. The summed E-state index contributed by atoms with van der Waals surface area (Å²) >= 11 is 3.71. The largest absolute Gasteiger partial charge is 0.454 e. The van der Waals surface area contributed by atoms with E-state index in [1.165, 1.54) is 17.5 Å². The summed E-state index contributed by atoms with van der Waals surface area (Å²) in [7, 11) is -4.06. The second-order valence-electron chi connectivity index (χ2n) is 11.7. The first kappa shape index (κ1) is 33.7. The lowest BCUT2D eigenvalue weighted by Crippen LogP contribution is -2.12. The molecule has 1 atom stereocenters. The second-order valence-corrected chi connectivity index (χ2v) is 15.9. The van der Waals surface area contributed by atoms with Gasteiger partial charge < -0.3 is 18.9 Å². The van der Waals surface area contributed by atoms with Gasteiger partial charge in [0.1, 0.15) is 17.6 Å². The van der Waals surface area contributed by atoms with Gasteiger partial charge in [0.25, 0.3) is 10.1 Å². The monoisotopic (exact) mass is 767 g/mol. The van der Waals surface area contributed by atoms with Crippen molar-refractivity contribution in [1.82, 2.24) is 18.8 Å². The van der Waals surface area contributed by atoms with Crippen molar-refractivity contribution < 1.29 is 17.3 Å². The SMILES string of the molecule is Cc1ccc(S(=O)(=O)OCCn2ccc3ncnc(Nc4ccc(OC5=CN(Cc6ccccc6)S(Cc6ccccc6)=C5)c(Br)c4)c32)cc1. The molecule has 1 unspecified atom stereocenters. The average Bonchev–Trinajstić information content (AvgIpc) is 3.70. The predicted octanol–water partition coefficient (Wildman–Crippen LogP) is 8.57. The Morgan fingerprint density at radius 1 is 0.880 bits per heavy atom. The Bertz CT molecular complexity index is 2300. The van der Waals surface area contributed by atoms with Crippen molar-refractivity contribution >= 4 is 64.6 Å². The molecule has 0 fully saturated rings. The quantitative estimate of drug-likeness (QED) is 0.0923. The Morgan fingerprint density at radius 2 is 1.62 bits per heavy atom. The van der Waals surface area contributed by atoms with Gasteiger partial charge in [0.2, 0.25) is 0 Å². The number of halogens is 1. The summed E-state index contributed by atoms with van der Waals surface area (Å²) in [5.74, 6) is 2.95. The number of hydrogen-bond donors (Lipinski definition) is 1. The minimum Gasteiger partial charge on any atom is -0.454 e. The number of aryl methyl sites for hydroxylation is 1. The molecule has 1 N–H and O–H groups in total. The van der Waals surface area contributed by atoms with E-state index in [0.717, 1.165) is 44.8 Å². The van der Waals surface area contributed by atoms with Crippen LogP contribution in [-0.4, -0.2) is 39.2 Å². The zero-order valence-electron chi connectivity index (χ0n) is 27.1. The van der Waals surface area contributed by atoms with E-state index < -0.39 is 10.1 Å². The number of fused-ring (bicyclic) bond motifs is 1. The van der Waals surface area contributed by atoms with Crippen LogP contribution in [0.4, 0.5) is 11.5 Å². The van der Waals surface area contributed by atoms with Gasteiger partial charge >= 0.3 is 0 Å². The molecule has 6 aromatic rings. The van der Waals surface area contributed by atoms with Crippen LogP contribution in [0.25, 0.3) is 11.0 Å². The molecule has 9 nitrogen and oxygen atoms in total. The number of rotatable bonds is 13. The molecule has 1 aliphatic heterocycles. The van der Waals surface area contributed by atoms with E-state index in [-0.39, 0.29) is 28.7 Å². The Hall–Kier alpha value is -4.75. The molecule has 50 heavy (non-hydrogen) atoms. The van der Waals surface area contributed by atoms with Crippen LogP contribution in [0.3, 0.4) is 0 Å². The van der Waals surface area contributed by atoms with Crippen molar-refractivity contribution in [1.29, 1.82) is 0 Å². The third-order valence-electron chi connectivity index (χ3n) is 8.02. The Morgan fingerprint density at radius 3 is 2.36 bits per heavy atom. The minimum atomic E-state index is -3.88. The molecule has 4 aromatic carbocycles. The molecular formula is C38H34BrN5O4S2. The molecule has 12 heteroatoms. The number of nitrogens with zero attached hydrogens (tertiary/aromatic N) is 4. The maximum atomic E-state index is 12.7. The maximum absolute atomic E-state index is 12.7. The molecule has 1 aliphatic rings. The summed E-state index contributed by atoms with van der Waals surface area (Å²) in [6, 6.07) is 35.2. The van der Waals surface area contributed by atoms with Crippen LogP contribution in [0.15, 0.2) is 143 Å². The van der Waals surface area contributed by atoms with Crippen molar-refractivity contribution in [3.63, 3.8) is 0 Å². The van der Waals surface area contributed by atoms with Crippen LogP contribution < -0.4 is 10.1 Å². The van der Waals surface area contributed by atoms with Crippen LogP contribution in [0.5, 0.6) is 5.75 Å². The van der Waals surface area contributed by atoms with Gasteiger partial charge in [-0.2, -0.15) is 8.42 Å². The second kappa shape index (κ2) is 15.0. The molecule has 0 amide bonds. The smallest absolute Gasteiger partial charge is 0.297 e. The van der Waals surface area contributed by atoms with Gasteiger partial charge in [-0.3, -0.25) is 4.18 Å². The third-order valence-corrected chi connectivity index (χ3v) is 11.9. The summed E-state index contributed by atoms with van der Waals surface area (Å²) < 4.78 is 42.2. The molecular weight excluding hydrogens is 734 g/mol. The predicted molar refractivity (Wildman–Crippen MR) is 204 cm³/mol. The Balaban J connectivity index is 1.05. The van der Waals surface area contributed by atoms with Crippen LogP contribution in [-0.2, 0) is 33.1 Å². The molecule has 3 heterocycles. The van der Waals surface area contributed by atoms with Gasteiger partial charge in [-0.1, -0.05) is 89.0 Å². The summed E-state index contributed by atoms with van der Waals surface area (Å²) in [4.78, 5) is 9.03. The zero-order chi connectivity index (χ0) is 34.5. The van der Waals surface area contributed by atoms with E-state index in [4.69, 9.17) is 8.92 Å². The van der Waals surface area contributed by atoms with E-state index in [0.29, 0.717) is 11.6 Å². The van der Waals surface area contributed by atoms with Crippen molar-refractivity contribution in [2.75, 3.05) is 11.9 Å². The van der Waals surface area contributed by atoms with Crippen molar-refractivity contribution in [3.8, 4) is 5.75 Å². The number of nitrogens with one attached hydrogen (secondary N) is 1. The number of hydrogen-bond acceptors (Lipinski definition) is 8.